The number of ether oxygens (including phenoxy) is 1. The predicted molar refractivity (Wildman–Crippen MR) is 58.9 cm³/mol. The van der Waals surface area contributed by atoms with Crippen molar-refractivity contribution in [2.45, 2.75) is 0 Å². The van der Waals surface area contributed by atoms with Gasteiger partial charge in [0.05, 0.1) is 12.1 Å². The molecule has 0 radical (unpaired) electrons. The van der Waals surface area contributed by atoms with Crippen molar-refractivity contribution in [1.29, 1.82) is 10.5 Å². The highest BCUT2D eigenvalue weighted by Gasteiger charge is 2.07. The second-order valence-electron chi connectivity index (χ2n) is 2.83. The van der Waals surface area contributed by atoms with Gasteiger partial charge in [0.2, 0.25) is 0 Å². The Bertz CT molecular complexity index is 508. The van der Waals surface area contributed by atoms with Crippen LogP contribution in [-0.4, -0.2) is 12.2 Å². The van der Waals surface area contributed by atoms with Crippen molar-refractivity contribution in [3.05, 3.63) is 28.3 Å². The topological polar surface area (TPSA) is 77.0 Å². The normalized spacial score (nSPS) is 8.75. The van der Waals surface area contributed by atoms with Gasteiger partial charge in [0, 0.05) is 11.6 Å². The van der Waals surface area contributed by atoms with E-state index in [1.54, 1.807) is 12.1 Å². The van der Waals surface area contributed by atoms with Gasteiger partial charge >= 0.3 is 0 Å². The lowest BCUT2D eigenvalue weighted by Gasteiger charge is -2.05. The fourth-order valence-electron chi connectivity index (χ4n) is 1.08. The van der Waals surface area contributed by atoms with Crippen LogP contribution in [0.25, 0.3) is 6.08 Å². The molecule has 1 aromatic rings. The van der Waals surface area contributed by atoms with E-state index >= 15 is 0 Å². The van der Waals surface area contributed by atoms with Crippen molar-refractivity contribution in [3.8, 4) is 23.6 Å². The summed E-state index contributed by atoms with van der Waals surface area (Å²) in [7, 11) is 1.42. The number of benzene rings is 1. The molecular weight excluding hydrogens is 228 g/mol. The molecule has 5 heteroatoms. The smallest absolute Gasteiger partial charge is 0.141 e. The summed E-state index contributed by atoms with van der Waals surface area (Å²) < 4.78 is 4.90. The van der Waals surface area contributed by atoms with Gasteiger partial charge in [-0.05, 0) is 12.1 Å². The number of phenolic OH excluding ortho intramolecular Hbond substituents is 1. The van der Waals surface area contributed by atoms with Crippen molar-refractivity contribution in [3.63, 3.8) is 0 Å². The summed E-state index contributed by atoms with van der Waals surface area (Å²) in [4.78, 5) is 0. The van der Waals surface area contributed by atoms with E-state index in [0.29, 0.717) is 16.3 Å². The van der Waals surface area contributed by atoms with Crippen molar-refractivity contribution in [2.75, 3.05) is 7.11 Å². The maximum atomic E-state index is 9.58. The summed E-state index contributed by atoms with van der Waals surface area (Å²) in [5.74, 6) is 0.219. The van der Waals surface area contributed by atoms with Crippen LogP contribution in [-0.2, 0) is 0 Å². The highest BCUT2D eigenvalue weighted by molar-refractivity contribution is 6.32. The molecule has 0 fully saturated rings. The first-order valence-corrected chi connectivity index (χ1v) is 4.58. The zero-order valence-corrected chi connectivity index (χ0v) is 9.12. The summed E-state index contributed by atoms with van der Waals surface area (Å²) in [6.07, 6.45) is 1.25. The van der Waals surface area contributed by atoms with E-state index in [-0.39, 0.29) is 11.3 Å². The van der Waals surface area contributed by atoms with Gasteiger partial charge < -0.3 is 9.84 Å². The van der Waals surface area contributed by atoms with E-state index < -0.39 is 0 Å². The molecule has 4 nitrogen and oxygen atoms in total. The van der Waals surface area contributed by atoms with Crippen LogP contribution < -0.4 is 4.74 Å². The molecule has 0 saturated heterocycles. The SMILES string of the molecule is COc1cc(O)c(C=C(C#N)C#N)cc1Cl. The number of allylic oxidation sites excluding steroid dienone is 1. The molecule has 0 unspecified atom stereocenters. The van der Waals surface area contributed by atoms with Crippen LogP contribution in [0.3, 0.4) is 0 Å². The van der Waals surface area contributed by atoms with E-state index in [2.05, 4.69) is 0 Å². The van der Waals surface area contributed by atoms with E-state index in [9.17, 15) is 5.11 Å². The Morgan fingerprint density at radius 1 is 1.44 bits per heavy atom. The van der Waals surface area contributed by atoms with Crippen LogP contribution in [0.1, 0.15) is 5.56 Å². The molecular formula is C11H7ClN2O2. The predicted octanol–water partition coefficient (Wildman–Crippen LogP) is 2.48. The number of nitrogens with zero attached hydrogens (tertiary/aromatic N) is 2. The summed E-state index contributed by atoms with van der Waals surface area (Å²) in [6.45, 7) is 0. The molecule has 0 aliphatic carbocycles. The van der Waals surface area contributed by atoms with Gasteiger partial charge in [0.25, 0.3) is 0 Å². The highest BCUT2D eigenvalue weighted by Crippen LogP contribution is 2.32. The second kappa shape index (κ2) is 5.06. The molecule has 0 heterocycles. The average molecular weight is 235 g/mol. The van der Waals surface area contributed by atoms with Gasteiger partial charge in [-0.2, -0.15) is 10.5 Å². The first-order valence-electron chi connectivity index (χ1n) is 4.20. The quantitative estimate of drug-likeness (QED) is 0.798. The average Bonchev–Trinajstić information content (AvgIpc) is 2.29. The molecule has 0 aliphatic rings. The van der Waals surface area contributed by atoms with Crippen molar-refractivity contribution in [1.82, 2.24) is 0 Å². The minimum Gasteiger partial charge on any atom is -0.507 e. The summed E-state index contributed by atoms with van der Waals surface area (Å²) in [5, 5.41) is 27.0. The minimum atomic E-state index is -0.114. The third kappa shape index (κ3) is 2.44. The maximum Gasteiger partial charge on any atom is 0.141 e. The van der Waals surface area contributed by atoms with Gasteiger partial charge in [-0.25, -0.2) is 0 Å². The molecule has 80 valence electrons. The van der Waals surface area contributed by atoms with Crippen LogP contribution in [0, 0.1) is 22.7 Å². The Labute approximate surface area is 97.6 Å². The number of rotatable bonds is 2. The monoisotopic (exact) mass is 234 g/mol. The van der Waals surface area contributed by atoms with Crippen LogP contribution >= 0.6 is 11.6 Å². The Morgan fingerprint density at radius 2 is 2.06 bits per heavy atom. The summed E-state index contributed by atoms with van der Waals surface area (Å²) in [5.41, 5.74) is 0.181. The highest BCUT2D eigenvalue weighted by atomic mass is 35.5. The number of phenols is 1. The third-order valence-corrected chi connectivity index (χ3v) is 2.14. The first kappa shape index (κ1) is 11.9. The standard InChI is InChI=1S/C11H7ClN2O2/c1-16-11-4-10(15)8(3-9(11)12)2-7(5-13)6-14/h2-4,15H,1H3. The molecule has 0 bridgehead atoms. The van der Waals surface area contributed by atoms with Crippen molar-refractivity contribution >= 4 is 17.7 Å². The van der Waals surface area contributed by atoms with Gasteiger partial charge in [0.15, 0.2) is 0 Å². The number of hydrogen-bond acceptors (Lipinski definition) is 4. The van der Waals surface area contributed by atoms with Crippen LogP contribution in [0.4, 0.5) is 0 Å². The Morgan fingerprint density at radius 3 is 2.56 bits per heavy atom. The Kier molecular flexibility index (Phi) is 3.77. The molecule has 1 aromatic carbocycles. The zero-order chi connectivity index (χ0) is 12.1. The van der Waals surface area contributed by atoms with Crippen LogP contribution in [0.2, 0.25) is 5.02 Å². The molecule has 0 aromatic heterocycles. The van der Waals surface area contributed by atoms with Crippen LogP contribution in [0.5, 0.6) is 11.5 Å². The summed E-state index contributed by atoms with van der Waals surface area (Å²) >= 11 is 5.84. The van der Waals surface area contributed by atoms with Gasteiger partial charge in [0.1, 0.15) is 29.2 Å². The minimum absolute atomic E-state index is 0.107. The maximum absolute atomic E-state index is 9.58. The van der Waals surface area contributed by atoms with Crippen molar-refractivity contribution < 1.29 is 9.84 Å². The molecule has 0 amide bonds. The Hall–Kier alpha value is -2.17. The molecule has 0 aliphatic heterocycles. The molecule has 1 N–H and O–H groups in total. The largest absolute Gasteiger partial charge is 0.507 e. The van der Waals surface area contributed by atoms with E-state index in [1.807, 2.05) is 0 Å². The molecule has 0 spiro atoms. The lowest BCUT2D eigenvalue weighted by atomic mass is 10.1. The fraction of sp³-hybridized carbons (Fsp3) is 0.0909. The van der Waals surface area contributed by atoms with Crippen molar-refractivity contribution in [2.24, 2.45) is 0 Å². The first-order chi connectivity index (χ1) is 7.62. The number of hydrogen-bond donors (Lipinski definition) is 1. The summed E-state index contributed by atoms with van der Waals surface area (Å²) in [6, 6.07) is 6.12. The van der Waals surface area contributed by atoms with E-state index in [0.717, 1.165) is 0 Å². The van der Waals surface area contributed by atoms with Gasteiger partial charge in [-0.15, -0.1) is 0 Å². The number of methoxy groups -OCH3 is 1. The van der Waals surface area contributed by atoms with Gasteiger partial charge in [-0.1, -0.05) is 11.6 Å². The number of halogens is 1. The molecule has 0 atom stereocenters. The lowest BCUT2D eigenvalue weighted by Crippen LogP contribution is -1.86. The Balaban J connectivity index is 3.29. The molecule has 0 saturated carbocycles. The fourth-order valence-corrected chi connectivity index (χ4v) is 1.32. The third-order valence-electron chi connectivity index (χ3n) is 1.84. The zero-order valence-electron chi connectivity index (χ0n) is 8.36. The molecule has 1 rings (SSSR count). The number of nitriles is 2. The molecule has 16 heavy (non-hydrogen) atoms. The second-order valence-corrected chi connectivity index (χ2v) is 3.23. The number of aromatic hydroxyl groups is 1. The van der Waals surface area contributed by atoms with E-state index in [1.165, 1.54) is 25.3 Å². The van der Waals surface area contributed by atoms with E-state index in [4.69, 9.17) is 26.9 Å². The van der Waals surface area contributed by atoms with Gasteiger partial charge in [-0.3, -0.25) is 0 Å². The van der Waals surface area contributed by atoms with Crippen LogP contribution in [0.15, 0.2) is 17.7 Å². The lowest BCUT2D eigenvalue weighted by molar-refractivity contribution is 0.407.